The molecule has 3 rings (SSSR count). The van der Waals surface area contributed by atoms with E-state index in [1.165, 1.54) is 35.5 Å². The van der Waals surface area contributed by atoms with Crippen LogP contribution >= 0.6 is 22.7 Å². The van der Waals surface area contributed by atoms with Crippen molar-refractivity contribution in [2.45, 2.75) is 43.8 Å². The highest BCUT2D eigenvalue weighted by molar-refractivity contribution is 7.89. The van der Waals surface area contributed by atoms with Crippen molar-refractivity contribution in [1.82, 2.24) is 15.0 Å². The molecule has 0 unspecified atom stereocenters. The Kier molecular flexibility index (Phi) is 4.41. The molecule has 0 spiro atoms. The Morgan fingerprint density at radius 2 is 2.10 bits per heavy atom. The van der Waals surface area contributed by atoms with Gasteiger partial charge in [0, 0.05) is 28.2 Å². The zero-order valence-corrected chi connectivity index (χ0v) is 14.1. The topological polar surface area (TPSA) is 71.1 Å². The molecular formula is C13H17N3O2S3. The van der Waals surface area contributed by atoms with Crippen molar-refractivity contribution in [2.75, 3.05) is 0 Å². The van der Waals surface area contributed by atoms with Gasteiger partial charge in [-0.15, -0.1) is 22.7 Å². The average Bonchev–Trinajstić information content (AvgIpc) is 2.97. The molecule has 2 aromatic rings. The van der Waals surface area contributed by atoms with Crippen LogP contribution in [0, 0.1) is 6.92 Å². The Bertz CT molecular complexity index is 717. The summed E-state index contributed by atoms with van der Waals surface area (Å²) in [6, 6.07) is 2.37. The number of rotatable bonds is 7. The largest absolute Gasteiger partial charge is 0.309 e. The van der Waals surface area contributed by atoms with Crippen molar-refractivity contribution in [2.24, 2.45) is 0 Å². The smallest absolute Gasteiger partial charge is 0.241 e. The molecule has 1 fully saturated rings. The highest BCUT2D eigenvalue weighted by Gasteiger charge is 2.21. The normalized spacial score (nSPS) is 15.5. The maximum Gasteiger partial charge on any atom is 0.241 e. The second kappa shape index (κ2) is 6.13. The second-order valence-electron chi connectivity index (χ2n) is 5.09. The summed E-state index contributed by atoms with van der Waals surface area (Å²) in [5, 5.41) is 7.89. The van der Waals surface area contributed by atoms with Gasteiger partial charge < -0.3 is 5.32 Å². The molecule has 1 aliphatic carbocycles. The van der Waals surface area contributed by atoms with E-state index < -0.39 is 10.0 Å². The number of hydrogen-bond donors (Lipinski definition) is 2. The van der Waals surface area contributed by atoms with Crippen LogP contribution in [-0.2, 0) is 23.1 Å². The highest BCUT2D eigenvalue weighted by atomic mass is 32.2. The zero-order chi connectivity index (χ0) is 14.9. The van der Waals surface area contributed by atoms with E-state index in [4.69, 9.17) is 0 Å². The molecule has 1 saturated carbocycles. The van der Waals surface area contributed by atoms with Crippen molar-refractivity contribution < 1.29 is 8.42 Å². The zero-order valence-electron chi connectivity index (χ0n) is 11.6. The quantitative estimate of drug-likeness (QED) is 0.809. The lowest BCUT2D eigenvalue weighted by Gasteiger charge is -2.02. The summed E-state index contributed by atoms with van der Waals surface area (Å²) in [6.45, 7) is 2.88. The maximum absolute atomic E-state index is 12.2. The lowest BCUT2D eigenvalue weighted by atomic mass is 10.4. The number of nitrogens with one attached hydrogen (secondary N) is 2. The lowest BCUT2D eigenvalue weighted by molar-refractivity contribution is 0.581. The third kappa shape index (κ3) is 4.10. The molecule has 0 saturated heterocycles. The Balaban J connectivity index is 1.60. The van der Waals surface area contributed by atoms with E-state index in [9.17, 15) is 8.42 Å². The van der Waals surface area contributed by atoms with E-state index in [1.54, 1.807) is 11.4 Å². The fourth-order valence-electron chi connectivity index (χ4n) is 1.87. The predicted molar refractivity (Wildman–Crippen MR) is 85.1 cm³/mol. The molecule has 21 heavy (non-hydrogen) atoms. The molecule has 114 valence electrons. The number of aryl methyl sites for hydroxylation is 1. The maximum atomic E-state index is 12.2. The van der Waals surface area contributed by atoms with Gasteiger partial charge in [0.1, 0.15) is 0 Å². The Morgan fingerprint density at radius 3 is 2.76 bits per heavy atom. The summed E-state index contributed by atoms with van der Waals surface area (Å²) in [6.07, 6.45) is 2.45. The number of thiazole rings is 1. The Morgan fingerprint density at radius 1 is 1.29 bits per heavy atom. The van der Waals surface area contributed by atoms with Gasteiger partial charge in [0.2, 0.25) is 10.0 Å². The van der Waals surface area contributed by atoms with Gasteiger partial charge in [-0.1, -0.05) is 0 Å². The minimum absolute atomic E-state index is 0.234. The number of nitrogens with zero attached hydrogens (tertiary/aromatic N) is 1. The van der Waals surface area contributed by atoms with Gasteiger partial charge in [-0.2, -0.15) is 0 Å². The van der Waals surface area contributed by atoms with Crippen molar-refractivity contribution >= 4 is 32.7 Å². The molecule has 0 amide bonds. The second-order valence-corrected chi connectivity index (χ2v) is 8.91. The van der Waals surface area contributed by atoms with Crippen LogP contribution in [0.3, 0.4) is 0 Å². The summed E-state index contributed by atoms with van der Waals surface area (Å²) < 4.78 is 27.1. The van der Waals surface area contributed by atoms with Crippen LogP contribution in [0.5, 0.6) is 0 Å². The molecular weight excluding hydrogens is 326 g/mol. The summed E-state index contributed by atoms with van der Waals surface area (Å²) >= 11 is 2.99. The van der Waals surface area contributed by atoms with Gasteiger partial charge in [0.25, 0.3) is 0 Å². The molecule has 0 bridgehead atoms. The average molecular weight is 343 g/mol. The number of thiophene rings is 1. The van der Waals surface area contributed by atoms with E-state index in [1.807, 2.05) is 12.3 Å². The summed E-state index contributed by atoms with van der Waals surface area (Å²) in [7, 11) is -3.45. The van der Waals surface area contributed by atoms with Crippen molar-refractivity contribution in [3.05, 3.63) is 32.4 Å². The predicted octanol–water partition coefficient (Wildman–Crippen LogP) is 2.24. The van der Waals surface area contributed by atoms with E-state index in [0.717, 1.165) is 22.1 Å². The number of sulfonamides is 1. The third-order valence-electron chi connectivity index (χ3n) is 3.19. The summed E-state index contributed by atoms with van der Waals surface area (Å²) in [5.41, 5.74) is 0.756. The number of aromatic nitrogens is 1. The molecule has 2 N–H and O–H groups in total. The van der Waals surface area contributed by atoms with Gasteiger partial charge >= 0.3 is 0 Å². The first-order valence-corrected chi connectivity index (χ1v) is 9.99. The van der Waals surface area contributed by atoms with Gasteiger partial charge in [0.05, 0.1) is 22.1 Å². The van der Waals surface area contributed by atoms with Gasteiger partial charge in [-0.05, 0) is 25.8 Å². The number of hydrogen-bond acceptors (Lipinski definition) is 6. The minimum Gasteiger partial charge on any atom is -0.309 e. The molecule has 8 heteroatoms. The van der Waals surface area contributed by atoms with Crippen molar-refractivity contribution in [3.8, 4) is 0 Å². The highest BCUT2D eigenvalue weighted by Crippen LogP contribution is 2.23. The molecule has 0 aromatic carbocycles. The monoisotopic (exact) mass is 343 g/mol. The Hall–Kier alpha value is -0.800. The fraction of sp³-hybridized carbons (Fsp3) is 0.462. The first kappa shape index (κ1) is 15.1. The van der Waals surface area contributed by atoms with Crippen LogP contribution in [0.2, 0.25) is 0 Å². The van der Waals surface area contributed by atoms with E-state index in [0.29, 0.717) is 10.9 Å². The minimum atomic E-state index is -3.45. The Labute approximate surface area is 132 Å². The molecule has 0 radical (unpaired) electrons. The molecule has 0 aliphatic heterocycles. The van der Waals surface area contributed by atoms with Crippen molar-refractivity contribution in [1.29, 1.82) is 0 Å². The van der Waals surface area contributed by atoms with E-state index in [2.05, 4.69) is 15.0 Å². The van der Waals surface area contributed by atoms with Crippen LogP contribution < -0.4 is 10.0 Å². The van der Waals surface area contributed by atoms with Crippen LogP contribution in [0.15, 0.2) is 21.7 Å². The van der Waals surface area contributed by atoms with Crippen LogP contribution in [-0.4, -0.2) is 19.4 Å². The SMILES string of the molecule is Cc1nc(CNS(=O)(=O)c2csc(CNC3CC3)c2)cs1. The van der Waals surface area contributed by atoms with E-state index in [-0.39, 0.29) is 6.54 Å². The molecule has 2 heterocycles. The van der Waals surface area contributed by atoms with E-state index >= 15 is 0 Å². The van der Waals surface area contributed by atoms with Crippen LogP contribution in [0.25, 0.3) is 0 Å². The standard InChI is InChI=1S/C13H17N3O2S3/c1-9-16-11(7-19-9)5-15-21(17,18)13-4-12(20-8-13)6-14-10-2-3-10/h4,7-8,10,14-15H,2-3,5-6H2,1H3. The summed E-state index contributed by atoms with van der Waals surface area (Å²) in [4.78, 5) is 5.64. The molecule has 0 atom stereocenters. The first-order valence-electron chi connectivity index (χ1n) is 6.74. The van der Waals surface area contributed by atoms with Crippen molar-refractivity contribution in [3.63, 3.8) is 0 Å². The van der Waals surface area contributed by atoms with Gasteiger partial charge in [0.15, 0.2) is 0 Å². The summed E-state index contributed by atoms with van der Waals surface area (Å²) in [5.74, 6) is 0. The van der Waals surface area contributed by atoms with Gasteiger partial charge in [-0.3, -0.25) is 0 Å². The van der Waals surface area contributed by atoms with Crippen LogP contribution in [0.1, 0.15) is 28.4 Å². The van der Waals surface area contributed by atoms with Crippen LogP contribution in [0.4, 0.5) is 0 Å². The van der Waals surface area contributed by atoms with Gasteiger partial charge in [-0.25, -0.2) is 18.1 Å². The first-order chi connectivity index (χ1) is 10.0. The third-order valence-corrected chi connectivity index (χ3v) is 6.48. The molecule has 2 aromatic heterocycles. The fourth-order valence-corrected chi connectivity index (χ4v) is 4.71. The lowest BCUT2D eigenvalue weighted by Crippen LogP contribution is -2.23. The molecule has 5 nitrogen and oxygen atoms in total. The molecule has 1 aliphatic rings.